The SMILES string of the molecule is Cc1ccccc1CN1CCC(NC(=O)NC(CO)CC(C)C)CC1. The van der Waals surface area contributed by atoms with Crippen molar-refractivity contribution in [2.75, 3.05) is 19.7 Å². The molecule has 2 amide bonds. The number of aryl methyl sites for hydroxylation is 1. The Kier molecular flexibility index (Phi) is 7.72. The van der Waals surface area contributed by atoms with Gasteiger partial charge in [0.05, 0.1) is 12.6 Å². The van der Waals surface area contributed by atoms with Crippen LogP contribution in [-0.2, 0) is 6.54 Å². The van der Waals surface area contributed by atoms with E-state index in [0.717, 1.165) is 38.9 Å². The summed E-state index contributed by atoms with van der Waals surface area (Å²) < 4.78 is 0. The Morgan fingerprint density at radius 1 is 1.28 bits per heavy atom. The lowest BCUT2D eigenvalue weighted by molar-refractivity contribution is 0.179. The molecule has 5 heteroatoms. The molecule has 1 unspecified atom stereocenters. The minimum atomic E-state index is -0.166. The zero-order valence-corrected chi connectivity index (χ0v) is 15.8. The topological polar surface area (TPSA) is 64.6 Å². The fourth-order valence-electron chi connectivity index (χ4n) is 3.42. The predicted molar refractivity (Wildman–Crippen MR) is 101 cm³/mol. The zero-order valence-electron chi connectivity index (χ0n) is 15.8. The summed E-state index contributed by atoms with van der Waals surface area (Å²) in [5.41, 5.74) is 2.72. The molecule has 1 aliphatic rings. The Balaban J connectivity index is 1.73. The van der Waals surface area contributed by atoms with Crippen LogP contribution in [-0.4, -0.2) is 47.8 Å². The summed E-state index contributed by atoms with van der Waals surface area (Å²) in [6.07, 6.45) is 2.72. The Bertz CT molecular complexity index is 539. The number of urea groups is 1. The molecule has 25 heavy (non-hydrogen) atoms. The van der Waals surface area contributed by atoms with Crippen LogP contribution in [0.4, 0.5) is 4.79 Å². The van der Waals surface area contributed by atoms with Crippen molar-refractivity contribution < 1.29 is 9.90 Å². The molecule has 140 valence electrons. The fourth-order valence-corrected chi connectivity index (χ4v) is 3.42. The van der Waals surface area contributed by atoms with Gasteiger partial charge in [-0.15, -0.1) is 0 Å². The highest BCUT2D eigenvalue weighted by Crippen LogP contribution is 2.16. The largest absolute Gasteiger partial charge is 0.394 e. The molecule has 2 rings (SSSR count). The molecule has 3 N–H and O–H groups in total. The second-order valence-electron chi connectivity index (χ2n) is 7.60. The monoisotopic (exact) mass is 347 g/mol. The van der Waals surface area contributed by atoms with E-state index in [1.54, 1.807) is 0 Å². The Hall–Kier alpha value is -1.59. The quantitative estimate of drug-likeness (QED) is 0.710. The molecule has 1 heterocycles. The number of hydrogen-bond donors (Lipinski definition) is 3. The van der Waals surface area contributed by atoms with Crippen LogP contribution < -0.4 is 10.6 Å². The average Bonchev–Trinajstić information content (AvgIpc) is 2.57. The van der Waals surface area contributed by atoms with Crippen molar-refractivity contribution in [3.05, 3.63) is 35.4 Å². The van der Waals surface area contributed by atoms with E-state index in [9.17, 15) is 9.90 Å². The van der Waals surface area contributed by atoms with Crippen molar-refractivity contribution in [3.63, 3.8) is 0 Å². The van der Waals surface area contributed by atoms with E-state index in [4.69, 9.17) is 0 Å². The molecule has 1 atom stereocenters. The first-order valence-electron chi connectivity index (χ1n) is 9.42. The van der Waals surface area contributed by atoms with Gasteiger partial charge in [-0.25, -0.2) is 4.79 Å². The van der Waals surface area contributed by atoms with Crippen molar-refractivity contribution in [2.45, 2.75) is 58.7 Å². The van der Waals surface area contributed by atoms with Gasteiger partial charge < -0.3 is 15.7 Å². The van der Waals surface area contributed by atoms with Crippen LogP contribution >= 0.6 is 0 Å². The van der Waals surface area contributed by atoms with Gasteiger partial charge in [-0.05, 0) is 43.2 Å². The van der Waals surface area contributed by atoms with Crippen LogP contribution in [0.1, 0.15) is 44.2 Å². The number of amides is 2. The van der Waals surface area contributed by atoms with Gasteiger partial charge in [0.25, 0.3) is 0 Å². The number of benzene rings is 1. The first-order valence-corrected chi connectivity index (χ1v) is 9.42. The van der Waals surface area contributed by atoms with E-state index in [1.807, 2.05) is 0 Å². The number of rotatable bonds is 7. The summed E-state index contributed by atoms with van der Waals surface area (Å²) in [5, 5.41) is 15.3. The summed E-state index contributed by atoms with van der Waals surface area (Å²) in [7, 11) is 0. The average molecular weight is 348 g/mol. The van der Waals surface area contributed by atoms with Crippen molar-refractivity contribution >= 4 is 6.03 Å². The summed E-state index contributed by atoms with van der Waals surface area (Å²) in [6.45, 7) is 9.29. The molecule has 0 aliphatic carbocycles. The van der Waals surface area contributed by atoms with E-state index in [-0.39, 0.29) is 24.7 Å². The second kappa shape index (κ2) is 9.78. The second-order valence-corrected chi connectivity index (χ2v) is 7.60. The van der Waals surface area contributed by atoms with Crippen LogP contribution in [0, 0.1) is 12.8 Å². The van der Waals surface area contributed by atoms with E-state index >= 15 is 0 Å². The molecule has 1 aliphatic heterocycles. The maximum Gasteiger partial charge on any atom is 0.315 e. The number of nitrogens with zero attached hydrogens (tertiary/aromatic N) is 1. The lowest BCUT2D eigenvalue weighted by Crippen LogP contribution is -2.50. The van der Waals surface area contributed by atoms with Crippen LogP contribution in [0.5, 0.6) is 0 Å². The van der Waals surface area contributed by atoms with Crippen molar-refractivity contribution in [3.8, 4) is 0 Å². The van der Waals surface area contributed by atoms with Gasteiger partial charge in [0.15, 0.2) is 0 Å². The number of aliphatic hydroxyl groups excluding tert-OH is 1. The van der Waals surface area contributed by atoms with Crippen molar-refractivity contribution in [2.24, 2.45) is 5.92 Å². The zero-order chi connectivity index (χ0) is 18.2. The molecule has 0 aromatic heterocycles. The first-order chi connectivity index (χ1) is 12.0. The van der Waals surface area contributed by atoms with E-state index < -0.39 is 0 Å². The Morgan fingerprint density at radius 3 is 2.56 bits per heavy atom. The maximum absolute atomic E-state index is 12.1. The van der Waals surface area contributed by atoms with Crippen molar-refractivity contribution in [1.82, 2.24) is 15.5 Å². The van der Waals surface area contributed by atoms with Gasteiger partial charge >= 0.3 is 6.03 Å². The number of hydrogen-bond acceptors (Lipinski definition) is 3. The van der Waals surface area contributed by atoms with Crippen LogP contribution in [0.15, 0.2) is 24.3 Å². The Labute approximate surface area is 151 Å². The van der Waals surface area contributed by atoms with Gasteiger partial charge in [0, 0.05) is 25.7 Å². The van der Waals surface area contributed by atoms with Gasteiger partial charge in [-0.3, -0.25) is 4.90 Å². The molecule has 0 spiro atoms. The molecular formula is C20H33N3O2. The molecular weight excluding hydrogens is 314 g/mol. The standard InChI is InChI=1S/C20H33N3O2/c1-15(2)12-19(14-24)22-20(25)21-18-8-10-23(11-9-18)13-17-7-5-4-6-16(17)3/h4-7,15,18-19,24H,8-14H2,1-3H3,(H2,21,22,25). The van der Waals surface area contributed by atoms with E-state index in [0.29, 0.717) is 5.92 Å². The normalized spacial score (nSPS) is 17.5. The maximum atomic E-state index is 12.1. The molecule has 0 radical (unpaired) electrons. The van der Waals surface area contributed by atoms with Gasteiger partial charge in [0.2, 0.25) is 0 Å². The number of likely N-dealkylation sites (tertiary alicyclic amines) is 1. The Morgan fingerprint density at radius 2 is 1.96 bits per heavy atom. The molecule has 1 aromatic carbocycles. The van der Waals surface area contributed by atoms with E-state index in [1.165, 1.54) is 11.1 Å². The van der Waals surface area contributed by atoms with E-state index in [2.05, 4.69) is 60.6 Å². The van der Waals surface area contributed by atoms with Crippen LogP contribution in [0.25, 0.3) is 0 Å². The van der Waals surface area contributed by atoms with Gasteiger partial charge in [-0.1, -0.05) is 38.1 Å². The smallest absolute Gasteiger partial charge is 0.315 e. The number of carbonyl (C=O) groups is 1. The minimum absolute atomic E-state index is 0.0134. The van der Waals surface area contributed by atoms with Gasteiger partial charge in [0.1, 0.15) is 0 Å². The molecule has 1 fully saturated rings. The molecule has 0 saturated carbocycles. The summed E-state index contributed by atoms with van der Waals surface area (Å²) in [4.78, 5) is 14.6. The lowest BCUT2D eigenvalue weighted by Gasteiger charge is -2.33. The third-order valence-corrected chi connectivity index (χ3v) is 4.89. The number of aliphatic hydroxyl groups is 1. The molecule has 0 bridgehead atoms. The highest BCUT2D eigenvalue weighted by Gasteiger charge is 2.22. The lowest BCUT2D eigenvalue weighted by atomic mass is 10.0. The van der Waals surface area contributed by atoms with Crippen molar-refractivity contribution in [1.29, 1.82) is 0 Å². The predicted octanol–water partition coefficient (Wildman–Crippen LogP) is 2.67. The highest BCUT2D eigenvalue weighted by molar-refractivity contribution is 5.74. The van der Waals surface area contributed by atoms with Crippen LogP contribution in [0.3, 0.4) is 0 Å². The molecule has 1 saturated heterocycles. The number of piperidine rings is 1. The number of carbonyl (C=O) groups excluding carboxylic acids is 1. The summed E-state index contributed by atoms with van der Waals surface area (Å²) >= 11 is 0. The van der Waals surface area contributed by atoms with Crippen LogP contribution in [0.2, 0.25) is 0 Å². The highest BCUT2D eigenvalue weighted by atomic mass is 16.3. The minimum Gasteiger partial charge on any atom is -0.394 e. The third kappa shape index (κ3) is 6.67. The summed E-state index contributed by atoms with van der Waals surface area (Å²) in [5.74, 6) is 0.446. The molecule has 1 aromatic rings. The number of nitrogens with one attached hydrogen (secondary N) is 2. The molecule has 5 nitrogen and oxygen atoms in total. The summed E-state index contributed by atoms with van der Waals surface area (Å²) in [6, 6.07) is 8.41. The third-order valence-electron chi connectivity index (χ3n) is 4.89. The van der Waals surface area contributed by atoms with Gasteiger partial charge in [-0.2, -0.15) is 0 Å². The fraction of sp³-hybridized carbons (Fsp3) is 0.650. The first kappa shape index (κ1) is 19.7.